The van der Waals surface area contributed by atoms with Gasteiger partial charge in [0.05, 0.1) is 5.54 Å². The van der Waals surface area contributed by atoms with E-state index in [0.29, 0.717) is 6.54 Å². The Morgan fingerprint density at radius 1 is 1.11 bits per heavy atom. The van der Waals surface area contributed by atoms with Gasteiger partial charge in [0.25, 0.3) is 0 Å². The van der Waals surface area contributed by atoms with E-state index in [9.17, 15) is 19.2 Å². The lowest BCUT2D eigenvalue weighted by molar-refractivity contribution is -0.162. The molecule has 7 nitrogen and oxygen atoms in total. The highest BCUT2D eigenvalue weighted by Gasteiger charge is 2.52. The van der Waals surface area contributed by atoms with Gasteiger partial charge in [-0.15, -0.1) is 0 Å². The average Bonchev–Trinajstić information content (AvgIpc) is 2.65. The number of likely N-dealkylation sites (tertiary alicyclic amines) is 1. The number of rotatable bonds is 5. The number of nitrogens with one attached hydrogen (secondary N) is 1. The Kier molecular flexibility index (Phi) is 5.58. The third-order valence-electron chi connectivity index (χ3n) is 5.55. The number of hydrogen-bond acceptors (Lipinski definition) is 4. The third-order valence-corrected chi connectivity index (χ3v) is 5.55. The van der Waals surface area contributed by atoms with Crippen LogP contribution in [0.2, 0.25) is 0 Å². The zero-order valence-electron chi connectivity index (χ0n) is 15.1. The second kappa shape index (κ2) is 7.90. The first-order valence-electron chi connectivity index (χ1n) is 9.31. The number of Topliss-reactive ketones (excluding diaryl/α,β-unsaturated/α-hetero) is 1. The first kappa shape index (κ1) is 19.1. The summed E-state index contributed by atoms with van der Waals surface area (Å²) in [5.74, 6) is -4.42. The number of aliphatic carboxylic acids is 1. The van der Waals surface area contributed by atoms with Crippen molar-refractivity contribution < 1.29 is 24.3 Å². The van der Waals surface area contributed by atoms with Crippen molar-refractivity contribution in [2.45, 2.75) is 50.6 Å². The Bertz CT molecular complexity index is 740. The lowest BCUT2D eigenvalue weighted by Gasteiger charge is -2.50. The first-order chi connectivity index (χ1) is 12.9. The highest BCUT2D eigenvalue weighted by atomic mass is 16.4. The van der Waals surface area contributed by atoms with E-state index < -0.39 is 41.6 Å². The zero-order valence-corrected chi connectivity index (χ0v) is 15.1. The summed E-state index contributed by atoms with van der Waals surface area (Å²) in [4.78, 5) is 50.7. The SMILES string of the molecule is O=C(O)CNC(=O)C1C(=O)CC2(CCCCC2)N(Cc2ccccc2)C1=O. The summed E-state index contributed by atoms with van der Waals surface area (Å²) in [6, 6.07) is 9.50. The van der Waals surface area contributed by atoms with Crippen molar-refractivity contribution in [3.63, 3.8) is 0 Å². The van der Waals surface area contributed by atoms with Crippen molar-refractivity contribution in [1.82, 2.24) is 10.2 Å². The highest BCUT2D eigenvalue weighted by Crippen LogP contribution is 2.42. The summed E-state index contributed by atoms with van der Waals surface area (Å²) in [5, 5.41) is 10.9. The minimum Gasteiger partial charge on any atom is -0.480 e. The molecule has 0 bridgehead atoms. The molecular formula is C20H24N2O5. The van der Waals surface area contributed by atoms with Gasteiger partial charge >= 0.3 is 5.97 Å². The number of benzene rings is 1. The molecule has 3 rings (SSSR count). The maximum Gasteiger partial charge on any atom is 0.322 e. The Balaban J connectivity index is 1.88. The molecule has 27 heavy (non-hydrogen) atoms. The van der Waals surface area contributed by atoms with Crippen LogP contribution in [0.5, 0.6) is 0 Å². The van der Waals surface area contributed by atoms with Gasteiger partial charge in [-0.2, -0.15) is 0 Å². The molecule has 2 N–H and O–H groups in total. The molecule has 0 radical (unpaired) electrons. The predicted octanol–water partition coefficient (Wildman–Crippen LogP) is 1.51. The molecule has 2 aliphatic rings. The minimum atomic E-state index is -1.46. The number of amides is 2. The second-order valence-electron chi connectivity index (χ2n) is 7.38. The van der Waals surface area contributed by atoms with E-state index in [1.807, 2.05) is 30.3 Å². The van der Waals surface area contributed by atoms with Gasteiger partial charge in [0.1, 0.15) is 6.54 Å². The number of ketones is 1. The maximum atomic E-state index is 13.2. The van der Waals surface area contributed by atoms with E-state index >= 15 is 0 Å². The summed E-state index contributed by atoms with van der Waals surface area (Å²) in [6.07, 6.45) is 4.62. The number of carboxylic acid groups (broad SMARTS) is 1. The molecule has 0 aromatic heterocycles. The van der Waals surface area contributed by atoms with Crippen LogP contribution in [0, 0.1) is 5.92 Å². The van der Waals surface area contributed by atoms with Crippen LogP contribution >= 0.6 is 0 Å². The first-order valence-corrected chi connectivity index (χ1v) is 9.31. The standard InChI is InChI=1S/C20H24N2O5/c23-15-11-20(9-5-2-6-10-20)22(13-14-7-3-1-4-8-14)19(27)17(15)18(26)21-12-16(24)25/h1,3-4,7-8,17H,2,5-6,9-13H2,(H,21,26)(H,24,25). The Hall–Kier alpha value is -2.70. The van der Waals surface area contributed by atoms with E-state index in [4.69, 9.17) is 5.11 Å². The molecule has 1 unspecified atom stereocenters. The van der Waals surface area contributed by atoms with Crippen LogP contribution in [0.25, 0.3) is 0 Å². The van der Waals surface area contributed by atoms with Crippen molar-refractivity contribution in [1.29, 1.82) is 0 Å². The number of hydrogen-bond donors (Lipinski definition) is 2. The lowest BCUT2D eigenvalue weighted by atomic mass is 9.71. The van der Waals surface area contributed by atoms with E-state index in [1.165, 1.54) is 0 Å². The zero-order chi connectivity index (χ0) is 19.4. The van der Waals surface area contributed by atoms with Gasteiger partial charge in [-0.1, -0.05) is 49.6 Å². The molecule has 1 saturated carbocycles. The van der Waals surface area contributed by atoms with Crippen LogP contribution in [0.4, 0.5) is 0 Å². The van der Waals surface area contributed by atoms with Crippen LogP contribution in [0.1, 0.15) is 44.1 Å². The maximum absolute atomic E-state index is 13.2. The largest absolute Gasteiger partial charge is 0.480 e. The molecule has 144 valence electrons. The van der Waals surface area contributed by atoms with Crippen LogP contribution in [0.3, 0.4) is 0 Å². The van der Waals surface area contributed by atoms with Gasteiger partial charge in [0.2, 0.25) is 11.8 Å². The lowest BCUT2D eigenvalue weighted by Crippen LogP contribution is -2.63. The highest BCUT2D eigenvalue weighted by molar-refractivity contribution is 6.20. The number of carbonyl (C=O) groups is 4. The van der Waals surface area contributed by atoms with Crippen LogP contribution in [-0.2, 0) is 25.7 Å². The molecule has 1 atom stereocenters. The molecule has 2 fully saturated rings. The van der Waals surface area contributed by atoms with Crippen LogP contribution in [0.15, 0.2) is 30.3 Å². The minimum absolute atomic E-state index is 0.150. The average molecular weight is 372 g/mol. The number of piperidine rings is 1. The molecule has 1 saturated heterocycles. The topological polar surface area (TPSA) is 104 Å². The molecule has 1 aromatic rings. The van der Waals surface area contributed by atoms with Crippen molar-refractivity contribution in [3.8, 4) is 0 Å². The quantitative estimate of drug-likeness (QED) is 0.763. The fourth-order valence-corrected chi connectivity index (χ4v) is 4.24. The van der Waals surface area contributed by atoms with Crippen molar-refractivity contribution in [3.05, 3.63) is 35.9 Å². The molecule has 1 aromatic carbocycles. The summed E-state index contributed by atoms with van der Waals surface area (Å²) in [6.45, 7) is -0.268. The van der Waals surface area contributed by atoms with Crippen molar-refractivity contribution >= 4 is 23.6 Å². The number of carboxylic acids is 1. The summed E-state index contributed by atoms with van der Waals surface area (Å²) >= 11 is 0. The van der Waals surface area contributed by atoms with Crippen molar-refractivity contribution in [2.24, 2.45) is 5.92 Å². The number of carbonyl (C=O) groups excluding carboxylic acids is 3. The summed E-state index contributed by atoms with van der Waals surface area (Å²) in [5.41, 5.74) is 0.404. The predicted molar refractivity (Wildman–Crippen MR) is 96.6 cm³/mol. The van der Waals surface area contributed by atoms with Gasteiger partial charge < -0.3 is 15.3 Å². The van der Waals surface area contributed by atoms with Gasteiger partial charge in [0, 0.05) is 13.0 Å². The van der Waals surface area contributed by atoms with Gasteiger partial charge in [-0.3, -0.25) is 19.2 Å². The van der Waals surface area contributed by atoms with E-state index in [-0.39, 0.29) is 6.42 Å². The molecule has 1 spiro atoms. The van der Waals surface area contributed by atoms with Crippen LogP contribution in [-0.4, -0.2) is 45.7 Å². The smallest absolute Gasteiger partial charge is 0.322 e. The fourth-order valence-electron chi connectivity index (χ4n) is 4.24. The van der Waals surface area contributed by atoms with E-state index in [2.05, 4.69) is 5.32 Å². The monoisotopic (exact) mass is 372 g/mol. The molecule has 1 aliphatic heterocycles. The molecule has 2 amide bonds. The van der Waals surface area contributed by atoms with Gasteiger partial charge in [-0.05, 0) is 18.4 Å². The summed E-state index contributed by atoms with van der Waals surface area (Å²) < 4.78 is 0. The molecule has 1 aliphatic carbocycles. The van der Waals surface area contributed by atoms with Crippen molar-refractivity contribution in [2.75, 3.05) is 6.54 Å². The molecule has 7 heteroatoms. The normalized spacial score (nSPS) is 21.9. The third kappa shape index (κ3) is 4.02. The Morgan fingerprint density at radius 3 is 2.41 bits per heavy atom. The van der Waals surface area contributed by atoms with Crippen LogP contribution < -0.4 is 5.32 Å². The second-order valence-corrected chi connectivity index (χ2v) is 7.38. The Labute approximate surface area is 157 Å². The van der Waals surface area contributed by atoms with E-state index in [1.54, 1.807) is 4.90 Å². The van der Waals surface area contributed by atoms with Gasteiger partial charge in [0.15, 0.2) is 11.7 Å². The fraction of sp³-hybridized carbons (Fsp3) is 0.500. The summed E-state index contributed by atoms with van der Waals surface area (Å²) in [7, 11) is 0. The molecule has 1 heterocycles. The Morgan fingerprint density at radius 2 is 1.78 bits per heavy atom. The van der Waals surface area contributed by atoms with E-state index in [0.717, 1.165) is 37.7 Å². The number of nitrogens with zero attached hydrogens (tertiary/aromatic N) is 1. The molecular weight excluding hydrogens is 348 g/mol. The van der Waals surface area contributed by atoms with Gasteiger partial charge in [-0.25, -0.2) is 0 Å².